The summed E-state index contributed by atoms with van der Waals surface area (Å²) >= 11 is 1.40. The number of para-hydroxylation sites is 1. The molecule has 0 radical (unpaired) electrons. The van der Waals surface area contributed by atoms with Crippen LogP contribution in [0.25, 0.3) is 11.0 Å². The van der Waals surface area contributed by atoms with Crippen LogP contribution in [-0.2, 0) is 6.54 Å². The number of aryl methyl sites for hydroxylation is 2. The molecule has 4 aromatic rings. The SMILES string of the molecule is CCN(C(=O)c1cc(C)cc(C)c1)c1nnc(Cn2nnc3ccccc32)s1. The highest BCUT2D eigenvalue weighted by Crippen LogP contribution is 2.24. The largest absolute Gasteiger partial charge is 0.283 e. The number of carbonyl (C=O) groups is 1. The highest BCUT2D eigenvalue weighted by molar-refractivity contribution is 7.15. The number of amides is 1. The summed E-state index contributed by atoms with van der Waals surface area (Å²) in [5.74, 6) is -0.0665. The van der Waals surface area contributed by atoms with Crippen molar-refractivity contribution in [2.75, 3.05) is 11.4 Å². The smallest absolute Gasteiger partial charge is 0.260 e. The van der Waals surface area contributed by atoms with Gasteiger partial charge in [0.2, 0.25) is 5.13 Å². The molecule has 0 aliphatic heterocycles. The highest BCUT2D eigenvalue weighted by Gasteiger charge is 2.21. The first-order valence-electron chi connectivity index (χ1n) is 9.06. The fourth-order valence-electron chi connectivity index (χ4n) is 3.20. The summed E-state index contributed by atoms with van der Waals surface area (Å²) < 4.78 is 1.79. The molecule has 0 saturated heterocycles. The number of hydrogen-bond donors (Lipinski definition) is 0. The molecule has 2 heterocycles. The fraction of sp³-hybridized carbons (Fsp3) is 0.250. The van der Waals surface area contributed by atoms with E-state index in [0.717, 1.165) is 27.2 Å². The van der Waals surface area contributed by atoms with E-state index in [2.05, 4.69) is 26.6 Å². The molecule has 0 bridgehead atoms. The Morgan fingerprint density at radius 2 is 1.82 bits per heavy atom. The van der Waals surface area contributed by atoms with Gasteiger partial charge in [-0.05, 0) is 45.0 Å². The molecule has 4 rings (SSSR count). The maximum absolute atomic E-state index is 13.0. The molecule has 142 valence electrons. The van der Waals surface area contributed by atoms with Crippen LogP contribution in [-0.4, -0.2) is 37.6 Å². The van der Waals surface area contributed by atoms with Gasteiger partial charge in [0.25, 0.3) is 5.91 Å². The van der Waals surface area contributed by atoms with Crippen LogP contribution >= 0.6 is 11.3 Å². The standard InChI is InChI=1S/C20H20N6OS/c1-4-25(19(27)15-10-13(2)9-14(3)11-15)20-23-22-18(28-20)12-26-17-8-6-5-7-16(17)21-24-26/h5-11H,4,12H2,1-3H3. The van der Waals surface area contributed by atoms with E-state index in [1.54, 1.807) is 9.58 Å². The minimum atomic E-state index is -0.0665. The number of aromatic nitrogens is 5. The van der Waals surface area contributed by atoms with E-state index >= 15 is 0 Å². The minimum absolute atomic E-state index is 0.0665. The second-order valence-electron chi connectivity index (χ2n) is 6.64. The Kier molecular flexibility index (Phi) is 4.87. The highest BCUT2D eigenvalue weighted by atomic mass is 32.1. The van der Waals surface area contributed by atoms with Crippen molar-refractivity contribution in [3.8, 4) is 0 Å². The molecule has 0 spiro atoms. The predicted molar refractivity (Wildman–Crippen MR) is 110 cm³/mol. The van der Waals surface area contributed by atoms with E-state index in [1.165, 1.54) is 11.3 Å². The predicted octanol–water partition coefficient (Wildman–Crippen LogP) is 3.61. The van der Waals surface area contributed by atoms with Crippen LogP contribution in [0.3, 0.4) is 0 Å². The van der Waals surface area contributed by atoms with Crippen molar-refractivity contribution >= 4 is 33.4 Å². The topological polar surface area (TPSA) is 76.8 Å². The molecule has 28 heavy (non-hydrogen) atoms. The molecule has 0 atom stereocenters. The molecule has 1 amide bonds. The van der Waals surface area contributed by atoms with Crippen molar-refractivity contribution in [3.05, 3.63) is 64.2 Å². The zero-order valence-electron chi connectivity index (χ0n) is 16.0. The molecule has 0 aliphatic carbocycles. The molecule has 7 nitrogen and oxygen atoms in total. The lowest BCUT2D eigenvalue weighted by molar-refractivity contribution is 0.0988. The Balaban J connectivity index is 1.59. The lowest BCUT2D eigenvalue weighted by Crippen LogP contribution is -2.30. The monoisotopic (exact) mass is 392 g/mol. The first kappa shape index (κ1) is 18.2. The van der Waals surface area contributed by atoms with Crippen LogP contribution in [0.4, 0.5) is 5.13 Å². The van der Waals surface area contributed by atoms with Crippen molar-refractivity contribution < 1.29 is 4.79 Å². The first-order chi connectivity index (χ1) is 13.5. The van der Waals surface area contributed by atoms with Crippen LogP contribution in [0.2, 0.25) is 0 Å². The van der Waals surface area contributed by atoms with Crippen LogP contribution < -0.4 is 4.90 Å². The van der Waals surface area contributed by atoms with Crippen molar-refractivity contribution in [1.29, 1.82) is 0 Å². The Hall–Kier alpha value is -3.13. The molecule has 0 N–H and O–H groups in total. The van der Waals surface area contributed by atoms with Crippen LogP contribution in [0.5, 0.6) is 0 Å². The van der Waals surface area contributed by atoms with Gasteiger partial charge in [0, 0.05) is 12.1 Å². The number of rotatable bonds is 5. The van der Waals surface area contributed by atoms with Crippen LogP contribution in [0.15, 0.2) is 42.5 Å². The number of hydrogen-bond acceptors (Lipinski definition) is 6. The molecular weight excluding hydrogens is 372 g/mol. The van der Waals surface area contributed by atoms with Crippen molar-refractivity contribution in [2.45, 2.75) is 27.3 Å². The number of fused-ring (bicyclic) bond motifs is 1. The summed E-state index contributed by atoms with van der Waals surface area (Å²) in [6.45, 7) is 6.91. The summed E-state index contributed by atoms with van der Waals surface area (Å²) in [5.41, 5.74) is 4.58. The van der Waals surface area contributed by atoms with Gasteiger partial charge in [-0.3, -0.25) is 9.69 Å². The van der Waals surface area contributed by atoms with Crippen LogP contribution in [0.1, 0.15) is 33.4 Å². The maximum atomic E-state index is 13.0. The fourth-order valence-corrected chi connectivity index (χ4v) is 4.08. The Morgan fingerprint density at radius 3 is 2.57 bits per heavy atom. The van der Waals surface area contributed by atoms with Crippen molar-refractivity contribution in [3.63, 3.8) is 0 Å². The first-order valence-corrected chi connectivity index (χ1v) is 9.87. The summed E-state index contributed by atoms with van der Waals surface area (Å²) in [7, 11) is 0. The van der Waals surface area contributed by atoms with E-state index in [1.807, 2.05) is 57.2 Å². The molecule has 2 aromatic heterocycles. The average molecular weight is 392 g/mol. The molecule has 0 aliphatic rings. The third-order valence-corrected chi connectivity index (χ3v) is 5.35. The normalized spacial score (nSPS) is 11.1. The van der Waals surface area contributed by atoms with Gasteiger partial charge in [-0.15, -0.1) is 15.3 Å². The third-order valence-electron chi connectivity index (χ3n) is 4.42. The van der Waals surface area contributed by atoms with E-state index in [-0.39, 0.29) is 5.91 Å². The number of benzene rings is 2. The van der Waals surface area contributed by atoms with Gasteiger partial charge in [0.05, 0.1) is 12.1 Å². The van der Waals surface area contributed by atoms with E-state index in [4.69, 9.17) is 0 Å². The molecule has 0 saturated carbocycles. The van der Waals surface area contributed by atoms with Gasteiger partial charge in [-0.25, -0.2) is 4.68 Å². The van der Waals surface area contributed by atoms with E-state index in [0.29, 0.717) is 23.8 Å². The zero-order chi connectivity index (χ0) is 19.7. The number of nitrogens with zero attached hydrogens (tertiary/aromatic N) is 6. The molecule has 0 fully saturated rings. The van der Waals surface area contributed by atoms with E-state index in [9.17, 15) is 4.79 Å². The third kappa shape index (κ3) is 3.50. The second-order valence-corrected chi connectivity index (χ2v) is 7.68. The van der Waals surface area contributed by atoms with Gasteiger partial charge in [-0.2, -0.15) is 0 Å². The minimum Gasteiger partial charge on any atom is -0.283 e. The lowest BCUT2D eigenvalue weighted by atomic mass is 10.1. The second kappa shape index (κ2) is 7.47. The summed E-state index contributed by atoms with van der Waals surface area (Å²) in [6.07, 6.45) is 0. The van der Waals surface area contributed by atoms with Gasteiger partial charge >= 0.3 is 0 Å². The van der Waals surface area contributed by atoms with Crippen LogP contribution in [0, 0.1) is 13.8 Å². The lowest BCUT2D eigenvalue weighted by Gasteiger charge is -2.17. The van der Waals surface area contributed by atoms with Gasteiger partial charge in [0.15, 0.2) is 0 Å². The molecule has 2 aromatic carbocycles. The Morgan fingerprint density at radius 1 is 1.07 bits per heavy atom. The zero-order valence-corrected chi connectivity index (χ0v) is 16.8. The van der Waals surface area contributed by atoms with Gasteiger partial charge < -0.3 is 0 Å². The molecule has 8 heteroatoms. The summed E-state index contributed by atoms with van der Waals surface area (Å²) in [5, 5.41) is 18.2. The van der Waals surface area contributed by atoms with Crippen molar-refractivity contribution in [1.82, 2.24) is 25.2 Å². The summed E-state index contributed by atoms with van der Waals surface area (Å²) in [4.78, 5) is 14.7. The average Bonchev–Trinajstić information content (AvgIpc) is 3.30. The molecule has 0 unspecified atom stereocenters. The Bertz CT molecular complexity index is 1130. The quantitative estimate of drug-likeness (QED) is 0.518. The Labute approximate surface area is 166 Å². The summed E-state index contributed by atoms with van der Waals surface area (Å²) in [6, 6.07) is 13.6. The van der Waals surface area contributed by atoms with Crippen molar-refractivity contribution in [2.24, 2.45) is 0 Å². The number of anilines is 1. The maximum Gasteiger partial charge on any atom is 0.260 e. The van der Waals surface area contributed by atoms with Gasteiger partial charge in [-0.1, -0.05) is 45.9 Å². The van der Waals surface area contributed by atoms with E-state index < -0.39 is 0 Å². The number of carbonyl (C=O) groups excluding carboxylic acids is 1. The van der Waals surface area contributed by atoms with Gasteiger partial charge in [0.1, 0.15) is 10.5 Å². The molecular formula is C20H20N6OS.